The van der Waals surface area contributed by atoms with Gasteiger partial charge in [0.2, 0.25) is 5.91 Å². The van der Waals surface area contributed by atoms with Crippen LogP contribution >= 0.6 is 11.3 Å². The molecule has 1 aliphatic heterocycles. The van der Waals surface area contributed by atoms with Gasteiger partial charge in [-0.15, -0.1) is 11.3 Å². The van der Waals surface area contributed by atoms with E-state index in [1.165, 1.54) is 16.0 Å². The van der Waals surface area contributed by atoms with E-state index in [0.717, 1.165) is 13.0 Å². The molecule has 3 nitrogen and oxygen atoms in total. The van der Waals surface area contributed by atoms with Crippen LogP contribution in [0.4, 0.5) is 0 Å². The number of rotatable bonds is 5. The van der Waals surface area contributed by atoms with E-state index in [1.807, 2.05) is 29.5 Å². The molecule has 128 valence electrons. The maximum atomic E-state index is 12.6. The van der Waals surface area contributed by atoms with E-state index in [1.54, 1.807) is 0 Å². The van der Waals surface area contributed by atoms with Gasteiger partial charge in [0, 0.05) is 17.5 Å². The van der Waals surface area contributed by atoms with Crippen LogP contribution in [0.2, 0.25) is 0 Å². The molecule has 4 heteroatoms. The summed E-state index contributed by atoms with van der Waals surface area (Å²) in [6, 6.07) is 12.8. The van der Waals surface area contributed by atoms with Crippen molar-refractivity contribution in [3.63, 3.8) is 0 Å². The second kappa shape index (κ2) is 7.49. The zero-order valence-electron chi connectivity index (χ0n) is 14.7. The number of benzene rings is 1. The molecule has 0 unspecified atom stereocenters. The first-order valence-corrected chi connectivity index (χ1v) is 9.59. The first-order valence-electron chi connectivity index (χ1n) is 8.71. The Morgan fingerprint density at radius 1 is 1.29 bits per heavy atom. The highest BCUT2D eigenvalue weighted by Gasteiger charge is 2.27. The molecule has 2 heterocycles. The quantitative estimate of drug-likeness (QED) is 0.884. The number of nitrogens with zero attached hydrogens (tertiary/aromatic N) is 1. The third-order valence-electron chi connectivity index (χ3n) is 4.89. The number of carbonyl (C=O) groups is 1. The molecule has 2 atom stereocenters. The Labute approximate surface area is 148 Å². The molecule has 0 saturated heterocycles. The first-order chi connectivity index (χ1) is 11.6. The minimum absolute atomic E-state index is 0.0653. The predicted octanol–water partition coefficient (Wildman–Crippen LogP) is 4.18. The number of amides is 1. The summed E-state index contributed by atoms with van der Waals surface area (Å²) in [5.74, 6) is 0.474. The van der Waals surface area contributed by atoms with Gasteiger partial charge in [-0.25, -0.2) is 0 Å². The first kappa shape index (κ1) is 17.2. The van der Waals surface area contributed by atoms with Crippen molar-refractivity contribution in [2.75, 3.05) is 13.1 Å². The van der Waals surface area contributed by atoms with Crippen molar-refractivity contribution < 1.29 is 4.79 Å². The van der Waals surface area contributed by atoms with Gasteiger partial charge in [-0.05, 0) is 41.8 Å². The summed E-state index contributed by atoms with van der Waals surface area (Å²) in [5, 5.41) is 5.40. The molecule has 1 aliphatic rings. The van der Waals surface area contributed by atoms with Crippen LogP contribution in [0.3, 0.4) is 0 Å². The van der Waals surface area contributed by atoms with E-state index in [4.69, 9.17) is 0 Å². The SMILES string of the molecule is CC(C)[C@@H](NC(=O)CN1CCc2sccc2[C@H]1C)c1ccccc1. The van der Waals surface area contributed by atoms with Crippen molar-refractivity contribution in [1.82, 2.24) is 10.2 Å². The van der Waals surface area contributed by atoms with Gasteiger partial charge in [0.15, 0.2) is 0 Å². The molecule has 24 heavy (non-hydrogen) atoms. The molecule has 0 fully saturated rings. The Morgan fingerprint density at radius 3 is 2.75 bits per heavy atom. The maximum absolute atomic E-state index is 12.6. The van der Waals surface area contributed by atoms with Gasteiger partial charge in [-0.2, -0.15) is 0 Å². The number of carbonyl (C=O) groups excluding carboxylic acids is 1. The fraction of sp³-hybridized carbons (Fsp3) is 0.450. The summed E-state index contributed by atoms with van der Waals surface area (Å²) in [6.45, 7) is 7.93. The number of hydrogen-bond donors (Lipinski definition) is 1. The monoisotopic (exact) mass is 342 g/mol. The van der Waals surface area contributed by atoms with Gasteiger partial charge in [0.1, 0.15) is 0 Å². The number of thiophene rings is 1. The second-order valence-corrected chi connectivity index (χ2v) is 7.90. The highest BCUT2D eigenvalue weighted by Crippen LogP contribution is 2.32. The van der Waals surface area contributed by atoms with Gasteiger partial charge >= 0.3 is 0 Å². The molecule has 0 aliphatic carbocycles. The van der Waals surface area contributed by atoms with Gasteiger partial charge in [0.05, 0.1) is 12.6 Å². The smallest absolute Gasteiger partial charge is 0.234 e. The van der Waals surface area contributed by atoms with Crippen molar-refractivity contribution in [2.45, 2.75) is 39.3 Å². The summed E-state index contributed by atoms with van der Waals surface area (Å²) in [4.78, 5) is 16.4. The van der Waals surface area contributed by atoms with Crippen LogP contribution < -0.4 is 5.32 Å². The van der Waals surface area contributed by atoms with Crippen LogP contribution in [-0.2, 0) is 11.2 Å². The Morgan fingerprint density at radius 2 is 2.04 bits per heavy atom. The van der Waals surface area contributed by atoms with Crippen LogP contribution in [0.1, 0.15) is 48.9 Å². The third kappa shape index (κ3) is 3.70. The van der Waals surface area contributed by atoms with Gasteiger partial charge in [0.25, 0.3) is 0 Å². The van der Waals surface area contributed by atoms with Crippen molar-refractivity contribution >= 4 is 17.2 Å². The molecular weight excluding hydrogens is 316 g/mol. The van der Waals surface area contributed by atoms with Crippen molar-refractivity contribution in [3.05, 3.63) is 57.8 Å². The Kier molecular flexibility index (Phi) is 5.36. The zero-order chi connectivity index (χ0) is 17.1. The molecule has 3 rings (SSSR count). The molecule has 1 aromatic carbocycles. The minimum atomic E-state index is 0.0653. The van der Waals surface area contributed by atoms with Crippen LogP contribution in [0.25, 0.3) is 0 Å². The van der Waals surface area contributed by atoms with E-state index >= 15 is 0 Å². The lowest BCUT2D eigenvalue weighted by molar-refractivity contribution is -0.124. The Hall–Kier alpha value is -1.65. The van der Waals surface area contributed by atoms with Gasteiger partial charge in [-0.1, -0.05) is 44.2 Å². The Bertz CT molecular complexity index is 680. The van der Waals surface area contributed by atoms with Crippen molar-refractivity contribution in [2.24, 2.45) is 5.92 Å². The van der Waals surface area contributed by atoms with Crippen LogP contribution in [0, 0.1) is 5.92 Å². The summed E-state index contributed by atoms with van der Waals surface area (Å²) in [7, 11) is 0. The molecule has 1 N–H and O–H groups in total. The lowest BCUT2D eigenvalue weighted by atomic mass is 9.96. The lowest BCUT2D eigenvalue weighted by Gasteiger charge is -2.33. The maximum Gasteiger partial charge on any atom is 0.234 e. The molecule has 1 amide bonds. The van der Waals surface area contributed by atoms with E-state index in [-0.39, 0.29) is 11.9 Å². The average Bonchev–Trinajstić information content (AvgIpc) is 3.05. The molecule has 0 radical (unpaired) electrons. The fourth-order valence-electron chi connectivity index (χ4n) is 3.48. The minimum Gasteiger partial charge on any atom is -0.348 e. The fourth-order valence-corrected chi connectivity index (χ4v) is 4.44. The summed E-state index contributed by atoms with van der Waals surface area (Å²) in [6.07, 6.45) is 1.05. The average molecular weight is 343 g/mol. The van der Waals surface area contributed by atoms with Gasteiger partial charge in [-0.3, -0.25) is 9.69 Å². The molecule has 2 aromatic rings. The highest BCUT2D eigenvalue weighted by molar-refractivity contribution is 7.10. The van der Waals surface area contributed by atoms with Crippen molar-refractivity contribution in [3.8, 4) is 0 Å². The van der Waals surface area contributed by atoms with Gasteiger partial charge < -0.3 is 5.32 Å². The standard InChI is InChI=1S/C20H26N2OS/c1-14(2)20(16-7-5-4-6-8-16)21-19(23)13-22-11-9-18-17(15(22)3)10-12-24-18/h4-8,10,12,14-15,20H,9,11,13H2,1-3H3,(H,21,23)/t15-,20-/m1/s1. The summed E-state index contributed by atoms with van der Waals surface area (Å²) < 4.78 is 0. The summed E-state index contributed by atoms with van der Waals surface area (Å²) in [5.41, 5.74) is 2.56. The van der Waals surface area contributed by atoms with E-state index in [9.17, 15) is 4.79 Å². The van der Waals surface area contributed by atoms with E-state index in [0.29, 0.717) is 18.5 Å². The lowest BCUT2D eigenvalue weighted by Crippen LogP contribution is -2.43. The molecule has 0 saturated carbocycles. The largest absolute Gasteiger partial charge is 0.348 e. The van der Waals surface area contributed by atoms with Crippen molar-refractivity contribution in [1.29, 1.82) is 0 Å². The highest BCUT2D eigenvalue weighted by atomic mass is 32.1. The summed E-state index contributed by atoms with van der Waals surface area (Å²) >= 11 is 1.83. The Balaban J connectivity index is 1.65. The normalized spacial score (nSPS) is 19.1. The van der Waals surface area contributed by atoms with Crippen LogP contribution in [0.5, 0.6) is 0 Å². The zero-order valence-corrected chi connectivity index (χ0v) is 15.5. The van der Waals surface area contributed by atoms with E-state index in [2.05, 4.69) is 54.6 Å². The number of nitrogens with one attached hydrogen (secondary N) is 1. The van der Waals surface area contributed by atoms with E-state index < -0.39 is 0 Å². The number of fused-ring (bicyclic) bond motifs is 1. The number of hydrogen-bond acceptors (Lipinski definition) is 3. The third-order valence-corrected chi connectivity index (χ3v) is 5.89. The molecular formula is C20H26N2OS. The topological polar surface area (TPSA) is 32.3 Å². The molecule has 0 spiro atoms. The predicted molar refractivity (Wildman–Crippen MR) is 100 cm³/mol. The molecule has 1 aromatic heterocycles. The van der Waals surface area contributed by atoms with Crippen LogP contribution in [0.15, 0.2) is 41.8 Å². The van der Waals surface area contributed by atoms with Crippen LogP contribution in [-0.4, -0.2) is 23.9 Å². The molecule has 0 bridgehead atoms. The second-order valence-electron chi connectivity index (χ2n) is 6.90.